The molecule has 2 aliphatic rings. The van der Waals surface area contributed by atoms with Crippen molar-refractivity contribution in [3.05, 3.63) is 105 Å². The number of allylic oxidation sites excluding steroid dienone is 4. The van der Waals surface area contributed by atoms with Gasteiger partial charge in [-0.1, -0.05) is 24.8 Å². The Balaban J connectivity index is 1.16. The van der Waals surface area contributed by atoms with Crippen molar-refractivity contribution in [2.24, 2.45) is 0 Å². The molecule has 1 fully saturated rings. The van der Waals surface area contributed by atoms with Crippen LogP contribution in [0.4, 0.5) is 10.5 Å². The number of anilines is 1. The predicted octanol–water partition coefficient (Wildman–Crippen LogP) is 5.24. The minimum Gasteiger partial charge on any atom is -0.423 e. The van der Waals surface area contributed by atoms with Crippen molar-refractivity contribution in [1.29, 1.82) is 0 Å². The number of fused-ring (bicyclic) bond motifs is 2. The van der Waals surface area contributed by atoms with Crippen LogP contribution in [0.3, 0.4) is 0 Å². The first-order valence-electron chi connectivity index (χ1n) is 15.5. The summed E-state index contributed by atoms with van der Waals surface area (Å²) in [6.07, 6.45) is 9.22. The Kier molecular flexibility index (Phi) is 10.1. The Morgan fingerprint density at radius 2 is 1.76 bits per heavy atom. The Morgan fingerprint density at radius 1 is 0.978 bits per heavy atom. The second-order valence-electron chi connectivity index (χ2n) is 11.9. The summed E-state index contributed by atoms with van der Waals surface area (Å²) in [6.45, 7) is 4.49. The van der Waals surface area contributed by atoms with E-state index in [9.17, 15) is 22.8 Å². The fourth-order valence-corrected chi connectivity index (χ4v) is 6.83. The van der Waals surface area contributed by atoms with E-state index in [1.165, 1.54) is 23.8 Å². The molecule has 1 heterocycles. The zero-order valence-corrected chi connectivity index (χ0v) is 27.1. The number of benzene rings is 2. The molecule has 0 aliphatic heterocycles. The highest BCUT2D eigenvalue weighted by atomic mass is 32.2. The molecule has 11 heteroatoms. The third-order valence-electron chi connectivity index (χ3n) is 8.36. The van der Waals surface area contributed by atoms with Crippen LogP contribution in [0.5, 0.6) is 0 Å². The van der Waals surface area contributed by atoms with Crippen LogP contribution < -0.4 is 25.9 Å². The quantitative estimate of drug-likeness (QED) is 0.271. The smallest absolute Gasteiger partial charge is 0.336 e. The number of urea groups is 1. The van der Waals surface area contributed by atoms with E-state index in [2.05, 4.69) is 28.0 Å². The molecule has 2 aromatic carbocycles. The summed E-state index contributed by atoms with van der Waals surface area (Å²) >= 11 is 0. The van der Waals surface area contributed by atoms with Crippen molar-refractivity contribution in [2.75, 3.05) is 25.5 Å². The second-order valence-corrected chi connectivity index (χ2v) is 13.6. The molecule has 1 saturated carbocycles. The summed E-state index contributed by atoms with van der Waals surface area (Å²) < 4.78 is 33.5. The molecule has 46 heavy (non-hydrogen) atoms. The van der Waals surface area contributed by atoms with Gasteiger partial charge in [-0.2, -0.15) is 0 Å². The number of sulfonamides is 1. The maximum atomic E-state index is 13.0. The van der Waals surface area contributed by atoms with E-state index in [1.807, 2.05) is 31.1 Å². The molecule has 242 valence electrons. The third-order valence-corrected chi connectivity index (χ3v) is 9.70. The van der Waals surface area contributed by atoms with Gasteiger partial charge in [0, 0.05) is 49.5 Å². The average molecular weight is 645 g/mol. The van der Waals surface area contributed by atoms with Gasteiger partial charge in [-0.3, -0.25) is 4.79 Å². The summed E-state index contributed by atoms with van der Waals surface area (Å²) in [5.74, 6) is -0.253. The number of hydrogen-bond acceptors (Lipinski definition) is 7. The van der Waals surface area contributed by atoms with Crippen molar-refractivity contribution in [3.8, 4) is 0 Å². The molecular formula is C35H40N4O6S. The molecular weight excluding hydrogens is 604 g/mol. The van der Waals surface area contributed by atoms with Crippen LogP contribution in [0.25, 0.3) is 11.0 Å². The summed E-state index contributed by atoms with van der Waals surface area (Å²) in [4.78, 5) is 39.6. The number of carbonyl (C=O) groups is 2. The number of nitrogens with zero attached hydrogens (tertiary/aromatic N) is 1. The lowest BCUT2D eigenvalue weighted by Gasteiger charge is -2.17. The monoisotopic (exact) mass is 644 g/mol. The highest BCUT2D eigenvalue weighted by molar-refractivity contribution is 7.90. The molecule has 0 saturated heterocycles. The number of hydrogen-bond donors (Lipinski definition) is 3. The van der Waals surface area contributed by atoms with Gasteiger partial charge in [0.25, 0.3) is 10.0 Å². The number of rotatable bonds is 9. The molecule has 10 nitrogen and oxygen atoms in total. The average Bonchev–Trinajstić information content (AvgIpc) is 3.48. The minimum absolute atomic E-state index is 0.0116. The van der Waals surface area contributed by atoms with Gasteiger partial charge in [0.05, 0.1) is 11.3 Å². The van der Waals surface area contributed by atoms with E-state index < -0.39 is 21.7 Å². The highest BCUT2D eigenvalue weighted by Gasteiger charge is 2.24. The normalized spacial score (nSPS) is 16.5. The standard InChI is InChI=1S/C35H40N4O6S/c1-23-8-5-4-6-9-25-10-7-11-30(25)34(23)37-35(42)38-46(43,44)28-15-12-24(13-16-28)18-19-36-32(40)20-26-21-33(41)45-31-22-27(39(2)3)14-17-29(26)31/h9,12-17,21-22H,1,4-8,10-11,18-20H2,2-3H3,(H,36,40)(H2,37,38,42)/b25-9-,34-30?. The largest absolute Gasteiger partial charge is 0.423 e. The maximum absolute atomic E-state index is 13.0. The van der Waals surface area contributed by atoms with Gasteiger partial charge in [-0.25, -0.2) is 22.7 Å². The molecule has 5 rings (SSSR count). The van der Waals surface area contributed by atoms with E-state index in [-0.39, 0.29) is 17.2 Å². The van der Waals surface area contributed by atoms with Crippen LogP contribution in [0.2, 0.25) is 0 Å². The number of carbonyl (C=O) groups excluding carboxylic acids is 2. The van der Waals surface area contributed by atoms with E-state index in [1.54, 1.807) is 18.2 Å². The molecule has 1 aromatic heterocycles. The minimum atomic E-state index is -4.12. The lowest BCUT2D eigenvalue weighted by Crippen LogP contribution is -2.39. The fourth-order valence-electron chi connectivity index (χ4n) is 5.92. The van der Waals surface area contributed by atoms with Gasteiger partial charge in [-0.05, 0) is 103 Å². The van der Waals surface area contributed by atoms with Gasteiger partial charge in [0.15, 0.2) is 0 Å². The fraction of sp³-hybridized carbons (Fsp3) is 0.343. The van der Waals surface area contributed by atoms with Crippen molar-refractivity contribution in [2.45, 2.75) is 62.7 Å². The maximum Gasteiger partial charge on any atom is 0.336 e. The van der Waals surface area contributed by atoms with Gasteiger partial charge in [-0.15, -0.1) is 0 Å². The van der Waals surface area contributed by atoms with E-state index in [0.29, 0.717) is 35.2 Å². The van der Waals surface area contributed by atoms with Crippen LogP contribution >= 0.6 is 0 Å². The molecule has 0 spiro atoms. The number of amides is 3. The molecule has 0 atom stereocenters. The van der Waals surface area contributed by atoms with Gasteiger partial charge < -0.3 is 20.0 Å². The first-order chi connectivity index (χ1) is 22.0. The van der Waals surface area contributed by atoms with E-state index in [4.69, 9.17) is 4.42 Å². The van der Waals surface area contributed by atoms with E-state index in [0.717, 1.165) is 67.3 Å². The Hall–Kier alpha value is -4.64. The topological polar surface area (TPSA) is 138 Å². The third kappa shape index (κ3) is 7.95. The van der Waals surface area contributed by atoms with Crippen LogP contribution in [-0.4, -0.2) is 41.0 Å². The second kappa shape index (κ2) is 14.2. The van der Waals surface area contributed by atoms with Crippen LogP contribution in [0.15, 0.2) is 97.7 Å². The van der Waals surface area contributed by atoms with Gasteiger partial charge >= 0.3 is 11.7 Å². The van der Waals surface area contributed by atoms with Crippen molar-refractivity contribution >= 4 is 38.6 Å². The van der Waals surface area contributed by atoms with Crippen molar-refractivity contribution in [3.63, 3.8) is 0 Å². The zero-order valence-electron chi connectivity index (χ0n) is 26.3. The predicted molar refractivity (Wildman–Crippen MR) is 179 cm³/mol. The number of nitrogens with one attached hydrogen (secondary N) is 3. The van der Waals surface area contributed by atoms with Crippen molar-refractivity contribution in [1.82, 2.24) is 15.4 Å². The summed E-state index contributed by atoms with van der Waals surface area (Å²) in [5, 5.41) is 6.35. The molecule has 3 amide bonds. The molecule has 0 unspecified atom stereocenters. The molecule has 3 aromatic rings. The Labute approximate surface area is 269 Å². The molecule has 0 bridgehead atoms. The summed E-state index contributed by atoms with van der Waals surface area (Å²) in [5.41, 5.74) is 5.87. The van der Waals surface area contributed by atoms with Crippen molar-refractivity contribution < 1.29 is 22.4 Å². The Bertz CT molecular complexity index is 1890. The molecule has 3 N–H and O–H groups in total. The van der Waals surface area contributed by atoms with Crippen LogP contribution in [0, 0.1) is 0 Å². The highest BCUT2D eigenvalue weighted by Crippen LogP contribution is 2.36. The first kappa shape index (κ1) is 32.7. The first-order valence-corrected chi connectivity index (χ1v) is 17.0. The van der Waals surface area contributed by atoms with Gasteiger partial charge in [0.2, 0.25) is 5.91 Å². The summed E-state index contributed by atoms with van der Waals surface area (Å²) in [7, 11) is -0.349. The summed E-state index contributed by atoms with van der Waals surface area (Å²) in [6, 6.07) is 12.2. The lowest BCUT2D eigenvalue weighted by molar-refractivity contribution is -0.120. The van der Waals surface area contributed by atoms with Crippen LogP contribution in [0.1, 0.15) is 56.1 Å². The zero-order chi connectivity index (χ0) is 32.8. The van der Waals surface area contributed by atoms with E-state index >= 15 is 0 Å². The van der Waals surface area contributed by atoms with Gasteiger partial charge in [0.1, 0.15) is 5.58 Å². The Morgan fingerprint density at radius 3 is 2.52 bits per heavy atom. The lowest BCUT2D eigenvalue weighted by atomic mass is 10.0. The molecule has 2 aliphatic carbocycles. The molecule has 0 radical (unpaired) electrons. The van der Waals surface area contributed by atoms with Crippen LogP contribution in [-0.2, 0) is 27.7 Å². The SMILES string of the molecule is C=C1CCCC/C=C2/CCCC2=C1NC(=O)NS(=O)(=O)c1ccc(CCNC(=O)Cc2cc(=O)oc3cc(N(C)C)ccc23)cc1.